The summed E-state index contributed by atoms with van der Waals surface area (Å²) in [5.74, 6) is 1.63. The Balaban J connectivity index is 2.14. The van der Waals surface area contributed by atoms with Gasteiger partial charge < -0.3 is 15.4 Å². The molecule has 2 rings (SSSR count). The van der Waals surface area contributed by atoms with E-state index in [1.165, 1.54) is 0 Å². The van der Waals surface area contributed by atoms with Gasteiger partial charge in [-0.25, -0.2) is 4.98 Å². The number of nitrogens with zero attached hydrogens (tertiary/aromatic N) is 2. The summed E-state index contributed by atoms with van der Waals surface area (Å²) in [7, 11) is 1.79. The number of piperidine rings is 1. The fraction of sp³-hybridized carbons (Fsp3) is 0.643. The van der Waals surface area contributed by atoms with Crippen molar-refractivity contribution in [3.63, 3.8) is 0 Å². The molecule has 1 aliphatic heterocycles. The molecule has 4 nitrogen and oxygen atoms in total. The van der Waals surface area contributed by atoms with Crippen LogP contribution in [-0.2, 0) is 4.74 Å². The lowest BCUT2D eigenvalue weighted by Gasteiger charge is -2.37. The van der Waals surface area contributed by atoms with Crippen LogP contribution < -0.4 is 10.6 Å². The molecule has 1 fully saturated rings. The number of hydrogen-bond acceptors (Lipinski definition) is 4. The summed E-state index contributed by atoms with van der Waals surface area (Å²) in [5, 5.41) is 0. The minimum Gasteiger partial charge on any atom is -0.379 e. The number of rotatable bonds is 3. The fourth-order valence-electron chi connectivity index (χ4n) is 2.44. The third-order valence-electron chi connectivity index (χ3n) is 3.81. The molecule has 1 saturated heterocycles. The van der Waals surface area contributed by atoms with E-state index in [0.717, 1.165) is 30.9 Å². The molecule has 0 spiro atoms. The summed E-state index contributed by atoms with van der Waals surface area (Å²) in [5.41, 5.74) is 7.05. The Bertz CT molecular complexity index is 394. The third-order valence-corrected chi connectivity index (χ3v) is 3.81. The summed E-state index contributed by atoms with van der Waals surface area (Å²) in [6, 6.07) is 4.12. The molecule has 1 aromatic rings. The third kappa shape index (κ3) is 2.82. The Hall–Kier alpha value is -1.13. The minimum absolute atomic E-state index is 0.0497. The monoisotopic (exact) mass is 249 g/mol. The van der Waals surface area contributed by atoms with Gasteiger partial charge in [-0.2, -0.15) is 0 Å². The van der Waals surface area contributed by atoms with E-state index in [-0.39, 0.29) is 6.04 Å². The van der Waals surface area contributed by atoms with Gasteiger partial charge in [-0.3, -0.25) is 0 Å². The van der Waals surface area contributed by atoms with Gasteiger partial charge in [-0.05, 0) is 37.0 Å². The standard InChI is InChI=1S/C14H23N3O/c1-10-5-7-17(9-13(10)18-3)14-8-12(11(2)15)4-6-16-14/h4,6,8,10-11,13H,5,7,9,15H2,1-3H3/t10?,11-,13?/m1/s1. The molecule has 100 valence electrons. The van der Waals surface area contributed by atoms with Crippen molar-refractivity contribution in [1.29, 1.82) is 0 Å². The molecule has 4 heteroatoms. The highest BCUT2D eigenvalue weighted by Gasteiger charge is 2.26. The molecule has 0 radical (unpaired) electrons. The number of aromatic nitrogens is 1. The summed E-state index contributed by atoms with van der Waals surface area (Å²) in [6.45, 7) is 6.19. The smallest absolute Gasteiger partial charge is 0.128 e. The van der Waals surface area contributed by atoms with Crippen LogP contribution in [0.4, 0.5) is 5.82 Å². The maximum absolute atomic E-state index is 5.92. The molecule has 1 aromatic heterocycles. The molecule has 0 bridgehead atoms. The van der Waals surface area contributed by atoms with E-state index in [1.807, 2.05) is 19.2 Å². The van der Waals surface area contributed by atoms with Crippen molar-refractivity contribution in [1.82, 2.24) is 4.98 Å². The van der Waals surface area contributed by atoms with Gasteiger partial charge in [0, 0.05) is 32.4 Å². The van der Waals surface area contributed by atoms with Crippen LogP contribution in [0.25, 0.3) is 0 Å². The van der Waals surface area contributed by atoms with E-state index >= 15 is 0 Å². The van der Waals surface area contributed by atoms with Crippen LogP contribution in [0.15, 0.2) is 18.3 Å². The Morgan fingerprint density at radius 3 is 3.00 bits per heavy atom. The van der Waals surface area contributed by atoms with Gasteiger partial charge in [-0.15, -0.1) is 0 Å². The van der Waals surface area contributed by atoms with Gasteiger partial charge in [0.05, 0.1) is 6.10 Å². The minimum atomic E-state index is 0.0497. The number of nitrogens with two attached hydrogens (primary N) is 1. The maximum atomic E-state index is 5.92. The lowest BCUT2D eigenvalue weighted by atomic mass is 9.95. The fourth-order valence-corrected chi connectivity index (χ4v) is 2.44. The van der Waals surface area contributed by atoms with E-state index in [2.05, 4.69) is 22.9 Å². The van der Waals surface area contributed by atoms with E-state index in [4.69, 9.17) is 10.5 Å². The first kappa shape index (κ1) is 13.3. The second-order valence-electron chi connectivity index (χ2n) is 5.22. The Kier molecular flexibility index (Phi) is 4.19. The zero-order valence-corrected chi connectivity index (χ0v) is 11.5. The first-order chi connectivity index (χ1) is 8.61. The van der Waals surface area contributed by atoms with Crippen molar-refractivity contribution in [2.24, 2.45) is 11.7 Å². The van der Waals surface area contributed by atoms with Crippen molar-refractivity contribution < 1.29 is 4.74 Å². The van der Waals surface area contributed by atoms with Gasteiger partial charge >= 0.3 is 0 Å². The molecule has 1 aliphatic rings. The summed E-state index contributed by atoms with van der Waals surface area (Å²) in [6.07, 6.45) is 3.27. The topological polar surface area (TPSA) is 51.4 Å². The van der Waals surface area contributed by atoms with Crippen molar-refractivity contribution >= 4 is 5.82 Å². The van der Waals surface area contributed by atoms with Crippen molar-refractivity contribution in [3.8, 4) is 0 Å². The van der Waals surface area contributed by atoms with Crippen LogP contribution >= 0.6 is 0 Å². The van der Waals surface area contributed by atoms with Crippen LogP contribution in [-0.4, -0.2) is 31.3 Å². The summed E-state index contributed by atoms with van der Waals surface area (Å²) in [4.78, 5) is 6.75. The van der Waals surface area contributed by atoms with Gasteiger partial charge in [0.1, 0.15) is 5.82 Å². The second-order valence-corrected chi connectivity index (χ2v) is 5.22. The average Bonchev–Trinajstić information content (AvgIpc) is 2.39. The molecule has 2 N–H and O–H groups in total. The van der Waals surface area contributed by atoms with Crippen LogP contribution in [0.5, 0.6) is 0 Å². The lowest BCUT2D eigenvalue weighted by Crippen LogP contribution is -2.44. The molecule has 0 aromatic carbocycles. The Morgan fingerprint density at radius 2 is 2.33 bits per heavy atom. The van der Waals surface area contributed by atoms with E-state index in [0.29, 0.717) is 12.0 Å². The van der Waals surface area contributed by atoms with Gasteiger partial charge in [0.2, 0.25) is 0 Å². The molecular formula is C14H23N3O. The molecule has 0 aliphatic carbocycles. The summed E-state index contributed by atoms with van der Waals surface area (Å²) >= 11 is 0. The van der Waals surface area contributed by atoms with Crippen molar-refractivity contribution in [2.75, 3.05) is 25.1 Å². The van der Waals surface area contributed by atoms with E-state index < -0.39 is 0 Å². The molecule has 18 heavy (non-hydrogen) atoms. The number of pyridine rings is 1. The van der Waals surface area contributed by atoms with Gasteiger partial charge in [-0.1, -0.05) is 6.92 Å². The number of hydrogen-bond donors (Lipinski definition) is 1. The predicted molar refractivity (Wildman–Crippen MR) is 73.6 cm³/mol. The molecule has 3 atom stereocenters. The molecule has 2 heterocycles. The quantitative estimate of drug-likeness (QED) is 0.889. The predicted octanol–water partition coefficient (Wildman–Crippen LogP) is 1.96. The van der Waals surface area contributed by atoms with Crippen molar-refractivity contribution in [2.45, 2.75) is 32.4 Å². The first-order valence-corrected chi connectivity index (χ1v) is 6.61. The molecule has 2 unspecified atom stereocenters. The lowest BCUT2D eigenvalue weighted by molar-refractivity contribution is 0.0496. The summed E-state index contributed by atoms with van der Waals surface area (Å²) < 4.78 is 5.54. The van der Waals surface area contributed by atoms with Gasteiger partial charge in [0.15, 0.2) is 0 Å². The normalized spacial score (nSPS) is 26.1. The van der Waals surface area contributed by atoms with E-state index in [9.17, 15) is 0 Å². The largest absolute Gasteiger partial charge is 0.379 e. The van der Waals surface area contributed by atoms with Crippen LogP contribution in [0.2, 0.25) is 0 Å². The van der Waals surface area contributed by atoms with Gasteiger partial charge in [0.25, 0.3) is 0 Å². The molecule has 0 saturated carbocycles. The molecular weight excluding hydrogens is 226 g/mol. The van der Waals surface area contributed by atoms with E-state index in [1.54, 1.807) is 7.11 Å². The van der Waals surface area contributed by atoms with Crippen LogP contribution in [0.3, 0.4) is 0 Å². The first-order valence-electron chi connectivity index (χ1n) is 6.61. The highest BCUT2D eigenvalue weighted by Crippen LogP contribution is 2.24. The zero-order chi connectivity index (χ0) is 13.1. The number of ether oxygens (including phenoxy) is 1. The highest BCUT2D eigenvalue weighted by molar-refractivity contribution is 5.42. The second kappa shape index (κ2) is 5.67. The Labute approximate surface area is 109 Å². The van der Waals surface area contributed by atoms with Crippen LogP contribution in [0.1, 0.15) is 31.9 Å². The van der Waals surface area contributed by atoms with Crippen LogP contribution in [0, 0.1) is 5.92 Å². The highest BCUT2D eigenvalue weighted by atomic mass is 16.5. The number of anilines is 1. The maximum Gasteiger partial charge on any atom is 0.128 e. The zero-order valence-electron chi connectivity index (χ0n) is 11.5. The Morgan fingerprint density at radius 1 is 1.56 bits per heavy atom. The average molecular weight is 249 g/mol. The molecule has 0 amide bonds. The SMILES string of the molecule is COC1CN(c2cc([C@@H](C)N)ccn2)CCC1C. The number of methoxy groups -OCH3 is 1. The van der Waals surface area contributed by atoms with Crippen molar-refractivity contribution in [3.05, 3.63) is 23.9 Å².